The summed E-state index contributed by atoms with van der Waals surface area (Å²) in [6, 6.07) is 4.06. The molecule has 0 aliphatic rings. The fourth-order valence-electron chi connectivity index (χ4n) is 2.33. The lowest BCUT2D eigenvalue weighted by Crippen LogP contribution is -2.41. The number of aliphatic hydroxyl groups excluding tert-OH is 1. The molecule has 0 saturated carbocycles. The van der Waals surface area contributed by atoms with Gasteiger partial charge in [-0.25, -0.2) is 0 Å². The Morgan fingerprint density at radius 2 is 2.04 bits per heavy atom. The highest BCUT2D eigenvalue weighted by Gasteiger charge is 2.14. The predicted molar refractivity (Wildman–Crippen MR) is 105 cm³/mol. The maximum Gasteiger partial charge on any atom is 0.191 e. The van der Waals surface area contributed by atoms with Crippen LogP contribution in [-0.2, 0) is 0 Å². The second kappa shape index (κ2) is 10.9. The zero-order valence-electron chi connectivity index (χ0n) is 15.3. The number of guanidine groups is 1. The van der Waals surface area contributed by atoms with E-state index in [0.717, 1.165) is 30.3 Å². The van der Waals surface area contributed by atoms with Crippen LogP contribution in [0.5, 0.6) is 0 Å². The number of halogens is 1. The monoisotopic (exact) mass is 374 g/mol. The number of nitrogens with one attached hydrogen (secondary N) is 2. The minimum absolute atomic E-state index is 0.402. The molecule has 138 valence electrons. The number of hydrogen-bond acceptors (Lipinski definition) is 4. The molecule has 5 nitrogen and oxygen atoms in total. The third kappa shape index (κ3) is 7.83. The van der Waals surface area contributed by atoms with Crippen molar-refractivity contribution in [2.24, 2.45) is 10.9 Å². The van der Waals surface area contributed by atoms with Crippen molar-refractivity contribution in [3.05, 3.63) is 21.3 Å². The summed E-state index contributed by atoms with van der Waals surface area (Å²) in [7, 11) is 4.18. The zero-order valence-corrected chi connectivity index (χ0v) is 16.9. The van der Waals surface area contributed by atoms with Gasteiger partial charge >= 0.3 is 0 Å². The Labute approximate surface area is 155 Å². The number of hydrogen-bond donors (Lipinski definition) is 3. The van der Waals surface area contributed by atoms with E-state index in [1.54, 1.807) is 6.07 Å². The third-order valence-electron chi connectivity index (χ3n) is 3.66. The summed E-state index contributed by atoms with van der Waals surface area (Å²) in [6.45, 7) is 8.40. The quantitative estimate of drug-likeness (QED) is 0.459. The molecule has 0 fully saturated rings. The van der Waals surface area contributed by atoms with Crippen molar-refractivity contribution >= 4 is 28.9 Å². The molecule has 24 heavy (non-hydrogen) atoms. The molecule has 0 bridgehead atoms. The topological polar surface area (TPSA) is 59.9 Å². The maximum absolute atomic E-state index is 10.2. The number of aliphatic imine (C=N–C) groups is 1. The van der Waals surface area contributed by atoms with Crippen LogP contribution in [0.3, 0.4) is 0 Å². The van der Waals surface area contributed by atoms with Gasteiger partial charge in [-0.2, -0.15) is 0 Å². The molecule has 7 heteroatoms. The van der Waals surface area contributed by atoms with Crippen LogP contribution >= 0.6 is 22.9 Å². The Kier molecular flexibility index (Phi) is 9.66. The van der Waals surface area contributed by atoms with Crippen LogP contribution < -0.4 is 10.6 Å². The zero-order chi connectivity index (χ0) is 18.1. The lowest BCUT2D eigenvalue weighted by atomic mass is 10.0. The Balaban J connectivity index is 2.60. The summed E-state index contributed by atoms with van der Waals surface area (Å²) in [5.41, 5.74) is 0. The van der Waals surface area contributed by atoms with Gasteiger partial charge in [0.25, 0.3) is 0 Å². The Bertz CT molecular complexity index is 505. The number of thiophene rings is 1. The summed E-state index contributed by atoms with van der Waals surface area (Å²) in [6.07, 6.45) is 0.512. The normalized spacial score (nSPS) is 15.0. The van der Waals surface area contributed by atoms with Gasteiger partial charge in [0.15, 0.2) is 5.96 Å². The van der Waals surface area contributed by atoms with Crippen LogP contribution in [0.2, 0.25) is 4.34 Å². The molecule has 0 aliphatic heterocycles. The first-order valence-corrected chi connectivity index (χ1v) is 9.64. The molecule has 2 atom stereocenters. The Hall–Kier alpha value is -0.820. The van der Waals surface area contributed by atoms with Gasteiger partial charge in [0, 0.05) is 24.0 Å². The largest absolute Gasteiger partial charge is 0.386 e. The molecule has 0 saturated heterocycles. The minimum atomic E-state index is -0.591. The van der Waals surface area contributed by atoms with Gasteiger partial charge in [0.05, 0.1) is 10.9 Å². The number of nitrogens with zero attached hydrogens (tertiary/aromatic N) is 2. The highest BCUT2D eigenvalue weighted by atomic mass is 35.5. The van der Waals surface area contributed by atoms with Crippen molar-refractivity contribution in [2.45, 2.75) is 39.3 Å². The molecular formula is C17H31ClN4OS. The molecular weight excluding hydrogens is 344 g/mol. The van der Waals surface area contributed by atoms with Gasteiger partial charge in [-0.3, -0.25) is 4.99 Å². The first-order chi connectivity index (χ1) is 11.3. The standard InChI is InChI=1S/C17H31ClN4OS/c1-6-19-17(20-10-13(22(4)5)9-12(2)3)21-11-14(23)15-7-8-16(18)24-15/h7-8,12-14,23H,6,9-11H2,1-5H3,(H2,19,20,21). The van der Waals surface area contributed by atoms with Crippen LogP contribution in [0.15, 0.2) is 17.1 Å². The molecule has 0 radical (unpaired) electrons. The molecule has 1 heterocycles. The second-order valence-corrected chi connectivity index (χ2v) is 8.25. The number of aliphatic hydroxyl groups is 1. The van der Waals surface area contributed by atoms with E-state index in [2.05, 4.69) is 48.5 Å². The van der Waals surface area contributed by atoms with Gasteiger partial charge in [-0.15, -0.1) is 11.3 Å². The smallest absolute Gasteiger partial charge is 0.191 e. The fourth-order valence-corrected chi connectivity index (χ4v) is 3.38. The van der Waals surface area contributed by atoms with E-state index in [1.165, 1.54) is 11.3 Å². The second-order valence-electron chi connectivity index (χ2n) is 6.51. The van der Waals surface area contributed by atoms with Crippen molar-refractivity contribution in [3.8, 4) is 0 Å². The highest BCUT2D eigenvalue weighted by Crippen LogP contribution is 2.26. The summed E-state index contributed by atoms with van der Waals surface area (Å²) < 4.78 is 0.687. The summed E-state index contributed by atoms with van der Waals surface area (Å²) in [4.78, 5) is 7.75. The minimum Gasteiger partial charge on any atom is -0.386 e. The molecule has 3 N–H and O–H groups in total. The summed E-state index contributed by atoms with van der Waals surface area (Å²) >= 11 is 7.32. The average molecular weight is 375 g/mol. The lowest BCUT2D eigenvalue weighted by molar-refractivity contribution is 0.184. The summed E-state index contributed by atoms with van der Waals surface area (Å²) in [5, 5.41) is 16.7. The Morgan fingerprint density at radius 3 is 2.54 bits per heavy atom. The molecule has 1 aromatic rings. The molecule has 0 amide bonds. The van der Waals surface area contributed by atoms with E-state index >= 15 is 0 Å². The van der Waals surface area contributed by atoms with E-state index in [9.17, 15) is 5.11 Å². The predicted octanol–water partition coefficient (Wildman–Crippen LogP) is 2.97. The van der Waals surface area contributed by atoms with E-state index in [0.29, 0.717) is 22.8 Å². The van der Waals surface area contributed by atoms with Crippen molar-refractivity contribution in [2.75, 3.05) is 33.7 Å². The van der Waals surface area contributed by atoms with E-state index in [4.69, 9.17) is 11.6 Å². The Morgan fingerprint density at radius 1 is 1.33 bits per heavy atom. The molecule has 0 aromatic carbocycles. The van der Waals surface area contributed by atoms with Crippen LogP contribution in [0, 0.1) is 5.92 Å². The first-order valence-electron chi connectivity index (χ1n) is 8.45. The van der Waals surface area contributed by atoms with Crippen LogP contribution in [0.25, 0.3) is 0 Å². The number of rotatable bonds is 9. The molecule has 0 spiro atoms. The van der Waals surface area contributed by atoms with E-state index in [1.807, 2.05) is 13.0 Å². The van der Waals surface area contributed by atoms with Crippen molar-refractivity contribution in [3.63, 3.8) is 0 Å². The van der Waals surface area contributed by atoms with Crippen LogP contribution in [-0.4, -0.2) is 55.7 Å². The molecule has 2 unspecified atom stereocenters. The van der Waals surface area contributed by atoms with Crippen LogP contribution in [0.1, 0.15) is 38.2 Å². The van der Waals surface area contributed by atoms with Gasteiger partial charge in [-0.05, 0) is 45.5 Å². The highest BCUT2D eigenvalue weighted by molar-refractivity contribution is 7.16. The fraction of sp³-hybridized carbons (Fsp3) is 0.706. The molecule has 1 aromatic heterocycles. The van der Waals surface area contributed by atoms with Crippen molar-refractivity contribution in [1.29, 1.82) is 0 Å². The molecule has 0 aliphatic carbocycles. The molecule has 1 rings (SSSR count). The first kappa shape index (κ1) is 21.2. The van der Waals surface area contributed by atoms with Gasteiger partial charge in [-0.1, -0.05) is 25.4 Å². The maximum atomic E-state index is 10.2. The van der Waals surface area contributed by atoms with E-state index in [-0.39, 0.29) is 0 Å². The third-order valence-corrected chi connectivity index (χ3v) is 5.00. The SMILES string of the molecule is CCNC(=NCC(CC(C)C)N(C)C)NCC(O)c1ccc(Cl)s1. The van der Waals surface area contributed by atoms with Crippen molar-refractivity contribution in [1.82, 2.24) is 15.5 Å². The van der Waals surface area contributed by atoms with Gasteiger partial charge < -0.3 is 20.6 Å². The average Bonchev–Trinajstić information content (AvgIpc) is 2.94. The van der Waals surface area contributed by atoms with Crippen LogP contribution in [0.4, 0.5) is 0 Å². The van der Waals surface area contributed by atoms with E-state index < -0.39 is 6.10 Å². The van der Waals surface area contributed by atoms with Crippen molar-refractivity contribution < 1.29 is 5.11 Å². The van der Waals surface area contributed by atoms with Gasteiger partial charge in [0.2, 0.25) is 0 Å². The lowest BCUT2D eigenvalue weighted by Gasteiger charge is -2.25. The summed E-state index contributed by atoms with van der Waals surface area (Å²) in [5.74, 6) is 1.36. The van der Waals surface area contributed by atoms with Gasteiger partial charge in [0.1, 0.15) is 6.10 Å². The number of likely N-dealkylation sites (N-methyl/N-ethyl adjacent to an activating group) is 1.